The number of guanidine groups is 1. The Morgan fingerprint density at radius 2 is 1.54 bits per heavy atom. The molecule has 0 saturated heterocycles. The number of aromatic amines is 1. The Morgan fingerprint density at radius 1 is 0.860 bits per heavy atom. The number of hydrogen-bond donors (Lipinski definition) is 11. The summed E-state index contributed by atoms with van der Waals surface area (Å²) in [7, 11) is 0. The normalized spacial score (nSPS) is 13.8. The number of tetrazole rings is 1. The summed E-state index contributed by atoms with van der Waals surface area (Å²) in [6.07, 6.45) is 1.56. The van der Waals surface area contributed by atoms with Crippen LogP contribution in [-0.2, 0) is 17.6 Å². The van der Waals surface area contributed by atoms with Crippen molar-refractivity contribution in [2.24, 2.45) is 10.7 Å². The Hall–Kier alpha value is -5.31. The van der Waals surface area contributed by atoms with Crippen molar-refractivity contribution in [3.05, 3.63) is 76.3 Å². The van der Waals surface area contributed by atoms with Crippen molar-refractivity contribution in [2.45, 2.75) is 82.1 Å². The maximum atomic E-state index is 12.9. The molecule has 19 nitrogen and oxygen atoms in total. The van der Waals surface area contributed by atoms with E-state index in [2.05, 4.69) is 75.8 Å². The van der Waals surface area contributed by atoms with Gasteiger partial charge in [-0.05, 0) is 80.2 Å². The van der Waals surface area contributed by atoms with Gasteiger partial charge in [-0.1, -0.05) is 65.3 Å². The highest BCUT2D eigenvalue weighted by Gasteiger charge is 2.24. The summed E-state index contributed by atoms with van der Waals surface area (Å²) >= 11 is 5.83. The smallest absolute Gasteiger partial charge is 0.280 e. The largest absolute Gasteiger partial charge is 0.396 e. The van der Waals surface area contributed by atoms with Crippen molar-refractivity contribution >= 4 is 41.0 Å². The number of aliphatic hydroxyl groups excluding tert-OH is 4. The summed E-state index contributed by atoms with van der Waals surface area (Å²) < 4.78 is 0. The quantitative estimate of drug-likeness (QED) is 0.0277. The molecule has 2 aromatic heterocycles. The van der Waals surface area contributed by atoms with E-state index in [0.29, 0.717) is 44.6 Å². The number of nitrogen functional groups attached to an aromatic ring is 2. The van der Waals surface area contributed by atoms with E-state index in [9.17, 15) is 24.9 Å². The molecule has 0 fully saturated rings. The highest BCUT2D eigenvalue weighted by atomic mass is 35.5. The first-order valence-electron chi connectivity index (χ1n) is 18.7. The Bertz CT molecular complexity index is 1870. The van der Waals surface area contributed by atoms with Gasteiger partial charge < -0.3 is 48.3 Å². The van der Waals surface area contributed by atoms with Crippen LogP contribution in [0.4, 0.5) is 11.6 Å². The second kappa shape index (κ2) is 23.0. The molecule has 308 valence electrons. The molecule has 3 unspecified atom stereocenters. The standard InChI is InChI=1S/C37H52ClN13O6/c38-32-34(40)46-33(39)30(45-32)36(57)47-37(41)43-19-4-1-5-22-7-12-24(13-8-22)25-14-9-23(10-15-25)11-16-29(55)44-26(35-48-50-51-49-35)6-2-3-18-42-21-28(54)31(56)27(53)17-20-52/h7-10,12-15,26-28,31,42,52-54,56H,1-6,11,16-21H2,(H,44,55)(H4,39,40,46)(H3,41,43,47,57)(H,48,49,50,51)/t26-,27?,28?,31?/m0/s1. The number of nitrogens with one attached hydrogen (secondary N) is 4. The van der Waals surface area contributed by atoms with Crippen LogP contribution in [0, 0.1) is 0 Å². The zero-order valence-corrected chi connectivity index (χ0v) is 32.3. The molecule has 0 bridgehead atoms. The van der Waals surface area contributed by atoms with Crippen molar-refractivity contribution < 1.29 is 30.0 Å². The van der Waals surface area contributed by atoms with Gasteiger partial charge in [-0.25, -0.2) is 9.97 Å². The molecule has 4 rings (SSSR count). The van der Waals surface area contributed by atoms with Gasteiger partial charge in [0.15, 0.2) is 34.3 Å². The Morgan fingerprint density at radius 3 is 2.19 bits per heavy atom. The number of benzene rings is 2. The minimum Gasteiger partial charge on any atom is -0.396 e. The number of amides is 2. The third kappa shape index (κ3) is 14.6. The fourth-order valence-electron chi connectivity index (χ4n) is 5.83. The van der Waals surface area contributed by atoms with Gasteiger partial charge in [-0.2, -0.15) is 5.21 Å². The number of carbonyl (C=O) groups excluding carboxylic acids is 2. The number of nitrogens with zero attached hydrogens (tertiary/aromatic N) is 6. The number of carbonyl (C=O) groups is 2. The summed E-state index contributed by atoms with van der Waals surface area (Å²) in [6, 6.07) is 16.0. The first-order chi connectivity index (χ1) is 27.4. The van der Waals surface area contributed by atoms with Crippen LogP contribution in [0.15, 0.2) is 53.5 Å². The van der Waals surface area contributed by atoms with E-state index >= 15 is 0 Å². The number of halogens is 1. The molecular weight excluding hydrogens is 758 g/mol. The first kappa shape index (κ1) is 44.4. The van der Waals surface area contributed by atoms with Crippen LogP contribution in [0.3, 0.4) is 0 Å². The van der Waals surface area contributed by atoms with Gasteiger partial charge in [0.2, 0.25) is 5.91 Å². The van der Waals surface area contributed by atoms with Crippen LogP contribution < -0.4 is 33.2 Å². The molecule has 2 amide bonds. The lowest BCUT2D eigenvalue weighted by atomic mass is 9.99. The fraction of sp³-hybridized carbons (Fsp3) is 0.459. The van der Waals surface area contributed by atoms with Crippen LogP contribution in [0.25, 0.3) is 11.1 Å². The van der Waals surface area contributed by atoms with Crippen molar-refractivity contribution in [1.29, 1.82) is 0 Å². The molecule has 0 radical (unpaired) electrons. The van der Waals surface area contributed by atoms with E-state index in [-0.39, 0.29) is 60.3 Å². The van der Waals surface area contributed by atoms with Crippen LogP contribution in [0.2, 0.25) is 5.15 Å². The van der Waals surface area contributed by atoms with E-state index < -0.39 is 30.3 Å². The Kier molecular flexibility index (Phi) is 18.0. The highest BCUT2D eigenvalue weighted by Crippen LogP contribution is 2.22. The molecule has 14 N–H and O–H groups in total. The molecule has 2 heterocycles. The first-order valence-corrected chi connectivity index (χ1v) is 19.1. The number of aryl methyl sites for hydroxylation is 2. The predicted molar refractivity (Wildman–Crippen MR) is 214 cm³/mol. The fourth-order valence-corrected chi connectivity index (χ4v) is 5.95. The summed E-state index contributed by atoms with van der Waals surface area (Å²) in [6.45, 7) is 0.764. The number of H-pyrrole nitrogens is 1. The summed E-state index contributed by atoms with van der Waals surface area (Å²) in [5.41, 5.74) is 21.2. The molecule has 0 spiro atoms. The predicted octanol–water partition coefficient (Wildman–Crippen LogP) is 0.557. The average molecular weight is 810 g/mol. The summed E-state index contributed by atoms with van der Waals surface area (Å²) in [4.78, 5) is 37.1. The van der Waals surface area contributed by atoms with Gasteiger partial charge in [0.05, 0.1) is 18.2 Å². The van der Waals surface area contributed by atoms with Gasteiger partial charge in [0, 0.05) is 26.1 Å². The Labute approximate surface area is 334 Å². The monoisotopic (exact) mass is 809 g/mol. The van der Waals surface area contributed by atoms with Gasteiger partial charge >= 0.3 is 0 Å². The van der Waals surface area contributed by atoms with Crippen molar-refractivity contribution in [3.8, 4) is 11.1 Å². The van der Waals surface area contributed by atoms with Crippen molar-refractivity contribution in [1.82, 2.24) is 46.5 Å². The van der Waals surface area contributed by atoms with Gasteiger partial charge in [0.1, 0.15) is 6.10 Å². The molecule has 0 saturated carbocycles. The second-order valence-corrected chi connectivity index (χ2v) is 13.8. The lowest BCUT2D eigenvalue weighted by molar-refractivity contribution is -0.121. The van der Waals surface area contributed by atoms with Crippen LogP contribution >= 0.6 is 11.6 Å². The molecule has 0 aliphatic carbocycles. The number of unbranched alkanes of at least 4 members (excludes halogenated alkanes) is 2. The van der Waals surface area contributed by atoms with Gasteiger partial charge in [-0.15, -0.1) is 10.2 Å². The third-order valence-electron chi connectivity index (χ3n) is 9.07. The molecule has 0 aliphatic heterocycles. The number of rotatable bonds is 23. The summed E-state index contributed by atoms with van der Waals surface area (Å²) in [5, 5.41) is 61.1. The summed E-state index contributed by atoms with van der Waals surface area (Å²) in [5.74, 6) is -0.735. The molecule has 0 aliphatic rings. The maximum Gasteiger partial charge on any atom is 0.280 e. The molecular formula is C37H52ClN13O6. The third-order valence-corrected chi connectivity index (χ3v) is 9.35. The lowest BCUT2D eigenvalue weighted by Gasteiger charge is -2.22. The number of aliphatic hydroxyl groups is 4. The number of hydrogen-bond acceptors (Lipinski definition) is 15. The highest BCUT2D eigenvalue weighted by molar-refractivity contribution is 6.31. The number of nitrogens with two attached hydrogens (primary N) is 3. The molecule has 2 aromatic carbocycles. The SMILES string of the molecule is NC(=NCCCCc1ccc(-c2ccc(CCC(=O)N[C@@H](CCCCNCC(O)C(O)C(O)CCO)c3nn[nH]n3)cc2)cc1)NC(=O)c1nc(Cl)c(N)nc1N. The lowest BCUT2D eigenvalue weighted by Crippen LogP contribution is -2.43. The number of aromatic nitrogens is 6. The second-order valence-electron chi connectivity index (χ2n) is 13.4. The van der Waals surface area contributed by atoms with E-state index in [4.69, 9.17) is 33.9 Å². The number of anilines is 2. The molecule has 4 aromatic rings. The van der Waals surface area contributed by atoms with Crippen LogP contribution in [0.5, 0.6) is 0 Å². The van der Waals surface area contributed by atoms with Crippen LogP contribution in [0.1, 0.15) is 78.4 Å². The zero-order valence-electron chi connectivity index (χ0n) is 31.5. The van der Waals surface area contributed by atoms with Crippen LogP contribution in [-0.4, -0.2) is 113 Å². The minimum absolute atomic E-state index is 0.0185. The van der Waals surface area contributed by atoms with E-state index in [1.54, 1.807) is 0 Å². The topological polar surface area (TPSA) is 322 Å². The van der Waals surface area contributed by atoms with Crippen molar-refractivity contribution in [3.63, 3.8) is 0 Å². The van der Waals surface area contributed by atoms with E-state index in [1.165, 1.54) is 5.56 Å². The van der Waals surface area contributed by atoms with Crippen molar-refractivity contribution in [2.75, 3.05) is 37.7 Å². The molecule has 4 atom stereocenters. The molecule has 57 heavy (non-hydrogen) atoms. The van der Waals surface area contributed by atoms with E-state index in [0.717, 1.165) is 36.0 Å². The maximum absolute atomic E-state index is 12.9. The number of aliphatic imine (C=N–C) groups is 1. The van der Waals surface area contributed by atoms with Gasteiger partial charge in [-0.3, -0.25) is 19.9 Å². The average Bonchev–Trinajstić information content (AvgIpc) is 3.74. The Balaban J connectivity index is 1.14. The van der Waals surface area contributed by atoms with Gasteiger partial charge in [0.25, 0.3) is 5.91 Å². The van der Waals surface area contributed by atoms with E-state index in [1.807, 2.05) is 24.3 Å². The zero-order chi connectivity index (χ0) is 41.2. The molecule has 20 heteroatoms. The minimum atomic E-state index is -1.35.